The second-order valence-corrected chi connectivity index (χ2v) is 9.52. The first-order chi connectivity index (χ1) is 15.8. The van der Waals surface area contributed by atoms with Crippen LogP contribution in [0.5, 0.6) is 0 Å². The van der Waals surface area contributed by atoms with Gasteiger partial charge in [0, 0.05) is 17.2 Å². The number of nitrogens with zero attached hydrogens (tertiary/aromatic N) is 1. The molecule has 4 atom stereocenters. The van der Waals surface area contributed by atoms with Crippen LogP contribution in [0.3, 0.4) is 0 Å². The minimum absolute atomic E-state index is 0.271. The Morgan fingerprint density at radius 2 is 1.91 bits per heavy atom. The van der Waals surface area contributed by atoms with Gasteiger partial charge in [-0.25, -0.2) is 4.79 Å². The normalized spacial score (nSPS) is 23.2. The monoisotopic (exact) mass is 469 g/mol. The second-order valence-electron chi connectivity index (χ2n) is 8.45. The number of aryl methyl sites for hydroxylation is 1. The molecule has 2 aliphatic heterocycles. The van der Waals surface area contributed by atoms with Gasteiger partial charge in [0.15, 0.2) is 0 Å². The molecule has 0 aliphatic carbocycles. The number of rotatable bonds is 7. The van der Waals surface area contributed by atoms with E-state index in [2.05, 4.69) is 5.32 Å². The summed E-state index contributed by atoms with van der Waals surface area (Å²) in [6.07, 6.45) is 1.12. The molecule has 9 heteroatoms. The number of hydrogen-bond acceptors (Lipinski definition) is 6. The summed E-state index contributed by atoms with van der Waals surface area (Å²) in [6, 6.07) is 11.8. The number of fused-ring (bicyclic) bond motifs is 3. The van der Waals surface area contributed by atoms with Crippen molar-refractivity contribution in [2.24, 2.45) is 0 Å². The zero-order valence-electron chi connectivity index (χ0n) is 18.0. The third-order valence-electron chi connectivity index (χ3n) is 6.28. The van der Waals surface area contributed by atoms with Crippen LogP contribution < -0.4 is 11.1 Å². The lowest BCUT2D eigenvalue weighted by molar-refractivity contribution is -0.152. The Morgan fingerprint density at radius 3 is 2.61 bits per heavy atom. The number of amides is 1. The van der Waals surface area contributed by atoms with E-state index in [0.29, 0.717) is 24.3 Å². The number of anilines is 1. The number of carbonyl (C=O) groups is 3. The van der Waals surface area contributed by atoms with Crippen LogP contribution >= 0.6 is 11.8 Å². The van der Waals surface area contributed by atoms with Crippen LogP contribution in [0.25, 0.3) is 0 Å². The molecule has 2 aliphatic rings. The molecule has 1 saturated heterocycles. The summed E-state index contributed by atoms with van der Waals surface area (Å²) in [5, 5.41) is 22.7. The summed E-state index contributed by atoms with van der Waals surface area (Å²) in [6.45, 7) is 0. The molecular weight excluding hydrogens is 442 g/mol. The molecule has 0 radical (unpaired) electrons. The summed E-state index contributed by atoms with van der Waals surface area (Å²) in [5.41, 5.74) is 9.28. The third kappa shape index (κ3) is 4.99. The fourth-order valence-electron chi connectivity index (χ4n) is 4.61. The highest BCUT2D eigenvalue weighted by molar-refractivity contribution is 7.99. The lowest BCUT2D eigenvalue weighted by Crippen LogP contribution is -2.58. The molecule has 5 N–H and O–H groups in total. The predicted octanol–water partition coefficient (Wildman–Crippen LogP) is 1.94. The molecule has 0 unspecified atom stereocenters. The summed E-state index contributed by atoms with van der Waals surface area (Å²) < 4.78 is 0. The van der Waals surface area contributed by atoms with Gasteiger partial charge in [0.1, 0.15) is 12.1 Å². The van der Waals surface area contributed by atoms with Crippen LogP contribution in [-0.4, -0.2) is 62.6 Å². The molecule has 2 aromatic carbocycles. The van der Waals surface area contributed by atoms with E-state index >= 15 is 0 Å². The lowest BCUT2D eigenvalue weighted by atomic mass is 9.96. The molecule has 8 nitrogen and oxygen atoms in total. The molecule has 0 aromatic heterocycles. The van der Waals surface area contributed by atoms with Crippen molar-refractivity contribution >= 4 is 35.3 Å². The lowest BCUT2D eigenvalue weighted by Gasteiger charge is -2.40. The van der Waals surface area contributed by atoms with Crippen molar-refractivity contribution in [3.63, 3.8) is 0 Å². The number of nitrogens with two attached hydrogens (primary N) is 1. The number of carboxylic acid groups (broad SMARTS) is 2. The third-order valence-corrected chi connectivity index (χ3v) is 7.38. The smallest absolute Gasteiger partial charge is 0.327 e. The summed E-state index contributed by atoms with van der Waals surface area (Å²) >= 11 is 1.49. The molecule has 33 heavy (non-hydrogen) atoms. The first kappa shape index (κ1) is 23.1. The van der Waals surface area contributed by atoms with E-state index in [1.165, 1.54) is 16.7 Å². The Morgan fingerprint density at radius 1 is 1.15 bits per heavy atom. The van der Waals surface area contributed by atoms with Crippen LogP contribution in [0.15, 0.2) is 48.5 Å². The van der Waals surface area contributed by atoms with E-state index in [-0.39, 0.29) is 18.1 Å². The first-order valence-corrected chi connectivity index (χ1v) is 12.0. The highest BCUT2D eigenvalue weighted by atomic mass is 32.2. The van der Waals surface area contributed by atoms with Crippen LogP contribution in [0.2, 0.25) is 0 Å². The van der Waals surface area contributed by atoms with Gasteiger partial charge in [0.25, 0.3) is 0 Å². The van der Waals surface area contributed by atoms with Gasteiger partial charge < -0.3 is 20.8 Å². The maximum atomic E-state index is 13.6. The maximum Gasteiger partial charge on any atom is 0.327 e. The van der Waals surface area contributed by atoms with Gasteiger partial charge in [-0.3, -0.25) is 14.9 Å². The number of thioether (sulfide) groups is 1. The number of carbonyl (C=O) groups excluding carboxylic acids is 1. The highest BCUT2D eigenvalue weighted by Crippen LogP contribution is 2.39. The second kappa shape index (κ2) is 9.84. The van der Waals surface area contributed by atoms with E-state index in [0.717, 1.165) is 16.7 Å². The van der Waals surface area contributed by atoms with Gasteiger partial charge in [0.05, 0.1) is 12.1 Å². The van der Waals surface area contributed by atoms with Crippen molar-refractivity contribution < 1.29 is 24.6 Å². The van der Waals surface area contributed by atoms with Crippen LogP contribution in [0, 0.1) is 0 Å². The topological polar surface area (TPSA) is 133 Å². The van der Waals surface area contributed by atoms with Gasteiger partial charge in [-0.1, -0.05) is 36.4 Å². The minimum atomic E-state index is -1.06. The molecule has 2 aromatic rings. The fourth-order valence-corrected chi connectivity index (χ4v) is 5.84. The van der Waals surface area contributed by atoms with Crippen molar-refractivity contribution in [1.29, 1.82) is 0 Å². The molecule has 1 fully saturated rings. The van der Waals surface area contributed by atoms with Crippen molar-refractivity contribution in [2.45, 2.75) is 43.4 Å². The molecule has 0 saturated carbocycles. The largest absolute Gasteiger partial charge is 0.480 e. The first-order valence-electron chi connectivity index (χ1n) is 10.9. The highest BCUT2D eigenvalue weighted by Gasteiger charge is 2.45. The van der Waals surface area contributed by atoms with Crippen molar-refractivity contribution in [3.8, 4) is 0 Å². The van der Waals surface area contributed by atoms with E-state index < -0.39 is 36.1 Å². The zero-order valence-corrected chi connectivity index (χ0v) is 18.8. The van der Waals surface area contributed by atoms with Crippen molar-refractivity contribution in [3.05, 3.63) is 65.2 Å². The average Bonchev–Trinajstić information content (AvgIpc) is 2.91. The minimum Gasteiger partial charge on any atom is -0.480 e. The number of aliphatic carboxylic acids is 2. The summed E-state index contributed by atoms with van der Waals surface area (Å²) in [5.74, 6) is -1.63. The van der Waals surface area contributed by atoms with Crippen LogP contribution in [0.1, 0.15) is 29.2 Å². The standard InChI is InChI=1S/C24H27N3O5S/c25-16-8-7-15-10-19(26-18(23(29)30)9-6-14-4-2-1-3-5-14)22(28)27-20(17(15)11-16)12-33-13-21(27)24(31)32/h1-5,7-8,11,18-21,26H,6,9-10,12-13,25H2,(H,29,30)(H,31,32)/t18-,19+,20-,21+/m0/s1. The van der Waals surface area contributed by atoms with E-state index in [1.54, 1.807) is 12.1 Å². The Bertz CT molecular complexity index is 1050. The number of nitrogen functional groups attached to an aromatic ring is 1. The molecule has 2 heterocycles. The summed E-state index contributed by atoms with van der Waals surface area (Å²) in [4.78, 5) is 39.1. The van der Waals surface area contributed by atoms with Crippen molar-refractivity contribution in [2.75, 3.05) is 17.2 Å². The Balaban J connectivity index is 1.64. The Hall–Kier alpha value is -3.04. The number of benzene rings is 2. The molecule has 0 bridgehead atoms. The number of hydrogen-bond donors (Lipinski definition) is 4. The number of nitrogens with one attached hydrogen (secondary N) is 1. The fraction of sp³-hybridized carbons (Fsp3) is 0.375. The average molecular weight is 470 g/mol. The Kier molecular flexibility index (Phi) is 6.90. The van der Waals surface area contributed by atoms with E-state index in [9.17, 15) is 24.6 Å². The molecule has 0 spiro atoms. The van der Waals surface area contributed by atoms with Gasteiger partial charge in [-0.15, -0.1) is 0 Å². The SMILES string of the molecule is Nc1ccc2c(c1)[C@@H]1CSC[C@H](C(=O)O)N1C(=O)[C@H](N[C@@H](CCc1ccccc1)C(=O)O)C2. The number of carboxylic acids is 2. The van der Waals surface area contributed by atoms with Crippen LogP contribution in [-0.2, 0) is 27.2 Å². The quantitative estimate of drug-likeness (QED) is 0.452. The van der Waals surface area contributed by atoms with E-state index in [4.69, 9.17) is 5.73 Å². The maximum absolute atomic E-state index is 13.6. The van der Waals surface area contributed by atoms with Gasteiger partial charge in [-0.2, -0.15) is 11.8 Å². The molecule has 1 amide bonds. The van der Waals surface area contributed by atoms with Crippen molar-refractivity contribution in [1.82, 2.24) is 10.2 Å². The van der Waals surface area contributed by atoms with Gasteiger partial charge in [0.2, 0.25) is 5.91 Å². The molecular formula is C24H27N3O5S. The summed E-state index contributed by atoms with van der Waals surface area (Å²) in [7, 11) is 0. The van der Waals surface area contributed by atoms with Crippen LogP contribution in [0.4, 0.5) is 5.69 Å². The van der Waals surface area contributed by atoms with Gasteiger partial charge in [-0.05, 0) is 48.1 Å². The predicted molar refractivity (Wildman–Crippen MR) is 126 cm³/mol. The molecule has 4 rings (SSSR count). The Labute approximate surface area is 196 Å². The zero-order chi connectivity index (χ0) is 23.5. The molecule has 174 valence electrons. The van der Waals surface area contributed by atoms with Gasteiger partial charge >= 0.3 is 11.9 Å². The van der Waals surface area contributed by atoms with E-state index in [1.807, 2.05) is 36.4 Å².